The van der Waals surface area contributed by atoms with Crippen molar-refractivity contribution in [3.63, 3.8) is 0 Å². The van der Waals surface area contributed by atoms with Crippen LogP contribution in [0, 0.1) is 0 Å². The number of rotatable bonds is 5. The van der Waals surface area contributed by atoms with Gasteiger partial charge in [0.15, 0.2) is 0 Å². The second-order valence-electron chi connectivity index (χ2n) is 7.12. The van der Waals surface area contributed by atoms with E-state index in [-0.39, 0.29) is 29.5 Å². The normalized spacial score (nSPS) is 11.0. The Morgan fingerprint density at radius 3 is 2.48 bits per heavy atom. The highest BCUT2D eigenvalue weighted by atomic mass is 35.5. The van der Waals surface area contributed by atoms with E-state index in [0.29, 0.717) is 27.6 Å². The Morgan fingerprint density at radius 2 is 1.85 bits per heavy atom. The molecule has 0 heterocycles. The summed E-state index contributed by atoms with van der Waals surface area (Å²) in [6.45, 7) is 5.65. The van der Waals surface area contributed by atoms with Gasteiger partial charge in [0.05, 0.1) is 19.2 Å². The van der Waals surface area contributed by atoms with Gasteiger partial charge in [-0.25, -0.2) is 0 Å². The van der Waals surface area contributed by atoms with Gasteiger partial charge in [-0.15, -0.1) is 0 Å². The van der Waals surface area contributed by atoms with Crippen molar-refractivity contribution in [3.8, 4) is 11.5 Å². The first-order valence-electron chi connectivity index (χ1n) is 8.37. The van der Waals surface area contributed by atoms with E-state index in [2.05, 4.69) is 10.6 Å². The third kappa shape index (κ3) is 5.89. The number of hydrogen-bond donors (Lipinski definition) is 3. The van der Waals surface area contributed by atoms with E-state index < -0.39 is 0 Å². The summed E-state index contributed by atoms with van der Waals surface area (Å²) in [4.78, 5) is 24.8. The van der Waals surface area contributed by atoms with Crippen LogP contribution in [0.2, 0.25) is 5.02 Å². The molecule has 0 aromatic heterocycles. The number of carbonyl (C=O) groups excluding carboxylic acids is 2. The van der Waals surface area contributed by atoms with Gasteiger partial charge >= 0.3 is 0 Å². The number of carbonyl (C=O) groups is 2. The molecule has 0 saturated carbocycles. The summed E-state index contributed by atoms with van der Waals surface area (Å²) >= 11 is 5.91. The van der Waals surface area contributed by atoms with Gasteiger partial charge in [0.2, 0.25) is 5.91 Å². The highest BCUT2D eigenvalue weighted by Crippen LogP contribution is 2.27. The Kier molecular flexibility index (Phi) is 6.33. The molecule has 3 N–H and O–H groups in total. The molecule has 0 spiro atoms. The lowest BCUT2D eigenvalue weighted by atomic mass is 10.1. The fourth-order valence-electron chi connectivity index (χ4n) is 2.42. The predicted molar refractivity (Wildman–Crippen MR) is 106 cm³/mol. The zero-order chi connectivity index (χ0) is 20.2. The molecule has 7 heteroatoms. The highest BCUT2D eigenvalue weighted by molar-refractivity contribution is 6.30. The molecule has 27 heavy (non-hydrogen) atoms. The summed E-state index contributed by atoms with van der Waals surface area (Å²) in [7, 11) is 1.47. The largest absolute Gasteiger partial charge is 0.508 e. The number of hydrogen-bond acceptors (Lipinski definition) is 4. The van der Waals surface area contributed by atoms with E-state index in [1.165, 1.54) is 19.2 Å². The fraction of sp³-hybridized carbons (Fsp3) is 0.300. The van der Waals surface area contributed by atoms with Crippen molar-refractivity contribution in [1.82, 2.24) is 5.32 Å². The zero-order valence-corrected chi connectivity index (χ0v) is 16.5. The molecule has 0 atom stereocenters. The molecule has 2 aromatic rings. The van der Waals surface area contributed by atoms with Crippen molar-refractivity contribution in [3.05, 3.63) is 52.5 Å². The van der Waals surface area contributed by atoms with E-state index in [1.54, 1.807) is 24.3 Å². The van der Waals surface area contributed by atoms with Crippen LogP contribution in [-0.2, 0) is 11.2 Å². The van der Waals surface area contributed by atoms with Crippen LogP contribution in [0.4, 0.5) is 5.69 Å². The number of methoxy groups -OCH3 is 1. The molecule has 0 bridgehead atoms. The van der Waals surface area contributed by atoms with Crippen LogP contribution in [0.15, 0.2) is 36.4 Å². The number of nitrogens with one attached hydrogen (secondary N) is 2. The third-order valence-corrected chi connectivity index (χ3v) is 3.85. The quantitative estimate of drug-likeness (QED) is 0.725. The van der Waals surface area contributed by atoms with Crippen LogP contribution in [0.25, 0.3) is 0 Å². The molecular weight excluding hydrogens is 368 g/mol. The van der Waals surface area contributed by atoms with Crippen molar-refractivity contribution < 1.29 is 19.4 Å². The van der Waals surface area contributed by atoms with E-state index in [4.69, 9.17) is 16.3 Å². The molecule has 6 nitrogen and oxygen atoms in total. The van der Waals surface area contributed by atoms with Crippen molar-refractivity contribution in [2.24, 2.45) is 0 Å². The van der Waals surface area contributed by atoms with Gasteiger partial charge < -0.3 is 20.5 Å². The minimum Gasteiger partial charge on any atom is -0.508 e. The molecule has 2 aromatic carbocycles. The van der Waals surface area contributed by atoms with Crippen LogP contribution in [0.3, 0.4) is 0 Å². The monoisotopic (exact) mass is 390 g/mol. The fourth-order valence-corrected chi connectivity index (χ4v) is 2.62. The minimum atomic E-state index is -0.384. The number of phenolic OH excluding ortho intramolecular Hbond substituents is 1. The Bertz CT molecular complexity index is 860. The molecule has 0 radical (unpaired) electrons. The number of aromatic hydroxyl groups is 1. The third-order valence-electron chi connectivity index (χ3n) is 3.62. The molecule has 0 aliphatic heterocycles. The van der Waals surface area contributed by atoms with E-state index in [1.807, 2.05) is 20.8 Å². The van der Waals surface area contributed by atoms with E-state index in [0.717, 1.165) is 0 Å². The second-order valence-corrected chi connectivity index (χ2v) is 7.55. The van der Waals surface area contributed by atoms with Gasteiger partial charge in [-0.05, 0) is 57.2 Å². The van der Waals surface area contributed by atoms with Crippen LogP contribution in [-0.4, -0.2) is 29.6 Å². The molecule has 0 unspecified atom stereocenters. The van der Waals surface area contributed by atoms with E-state index in [9.17, 15) is 14.7 Å². The van der Waals surface area contributed by atoms with Crippen LogP contribution >= 0.6 is 11.6 Å². The van der Waals surface area contributed by atoms with Gasteiger partial charge in [0, 0.05) is 21.7 Å². The van der Waals surface area contributed by atoms with Gasteiger partial charge in [0.25, 0.3) is 5.91 Å². The topological polar surface area (TPSA) is 87.7 Å². The molecule has 0 saturated heterocycles. The SMILES string of the molecule is COc1ccc(C(=O)NC(C)(C)C)cc1NC(=O)Cc1cc(Cl)ccc1O. The van der Waals surface area contributed by atoms with Gasteiger partial charge in [-0.3, -0.25) is 9.59 Å². The smallest absolute Gasteiger partial charge is 0.251 e. The number of anilines is 1. The van der Waals surface area contributed by atoms with Gasteiger partial charge in [-0.1, -0.05) is 11.6 Å². The summed E-state index contributed by atoms with van der Waals surface area (Å²) in [6.07, 6.45) is -0.0754. The molecule has 0 aliphatic rings. The first kappa shape index (κ1) is 20.6. The van der Waals surface area contributed by atoms with Crippen LogP contribution < -0.4 is 15.4 Å². The lowest BCUT2D eigenvalue weighted by Gasteiger charge is -2.21. The summed E-state index contributed by atoms with van der Waals surface area (Å²) in [6, 6.07) is 9.29. The molecular formula is C20H23ClN2O4. The maximum absolute atomic E-state index is 12.4. The molecule has 2 amide bonds. The molecule has 144 valence electrons. The Balaban J connectivity index is 2.21. The maximum atomic E-state index is 12.4. The van der Waals surface area contributed by atoms with Crippen molar-refractivity contribution in [2.45, 2.75) is 32.7 Å². The van der Waals surface area contributed by atoms with E-state index >= 15 is 0 Å². The van der Waals surface area contributed by atoms with Gasteiger partial charge in [-0.2, -0.15) is 0 Å². The Morgan fingerprint density at radius 1 is 1.15 bits per heavy atom. The van der Waals surface area contributed by atoms with Crippen LogP contribution in [0.5, 0.6) is 11.5 Å². The number of halogens is 1. The number of amides is 2. The summed E-state index contributed by atoms with van der Waals surface area (Å²) < 4.78 is 5.26. The first-order chi connectivity index (χ1) is 12.6. The Hall–Kier alpha value is -2.73. The Labute approximate surface area is 163 Å². The molecule has 0 aliphatic carbocycles. The minimum absolute atomic E-state index is 0.0141. The summed E-state index contributed by atoms with van der Waals surface area (Å²) in [5.41, 5.74) is 0.780. The number of benzene rings is 2. The average Bonchev–Trinajstić information content (AvgIpc) is 2.56. The van der Waals surface area contributed by atoms with Crippen LogP contribution in [0.1, 0.15) is 36.7 Å². The highest BCUT2D eigenvalue weighted by Gasteiger charge is 2.18. The van der Waals surface area contributed by atoms with Gasteiger partial charge in [0.1, 0.15) is 11.5 Å². The lowest BCUT2D eigenvalue weighted by Crippen LogP contribution is -2.40. The second kappa shape index (κ2) is 8.31. The standard InChI is InChI=1S/C20H23ClN2O4/c1-20(2,3)23-19(26)12-5-8-17(27-4)15(10-12)22-18(25)11-13-9-14(21)6-7-16(13)24/h5-10,24H,11H2,1-4H3,(H,22,25)(H,23,26). The predicted octanol–water partition coefficient (Wildman–Crippen LogP) is 3.76. The van der Waals surface area contributed by atoms with Crippen molar-refractivity contribution in [1.29, 1.82) is 0 Å². The lowest BCUT2D eigenvalue weighted by molar-refractivity contribution is -0.115. The zero-order valence-electron chi connectivity index (χ0n) is 15.7. The summed E-state index contributed by atoms with van der Waals surface area (Å²) in [5.74, 6) is -0.224. The first-order valence-corrected chi connectivity index (χ1v) is 8.74. The number of ether oxygens (including phenoxy) is 1. The molecule has 2 rings (SSSR count). The van der Waals surface area contributed by atoms with Crippen molar-refractivity contribution in [2.75, 3.05) is 12.4 Å². The number of phenols is 1. The molecule has 0 fully saturated rings. The maximum Gasteiger partial charge on any atom is 0.251 e. The average molecular weight is 391 g/mol. The summed E-state index contributed by atoms with van der Waals surface area (Å²) in [5, 5.41) is 15.9. The van der Waals surface area contributed by atoms with Crippen molar-refractivity contribution >= 4 is 29.1 Å².